The molecule has 156 valence electrons. The minimum Gasteiger partial charge on any atom is -0.444 e. The zero-order valence-electron chi connectivity index (χ0n) is 17.2. The first-order valence-electron chi connectivity index (χ1n) is 9.24. The van der Waals surface area contributed by atoms with Gasteiger partial charge in [-0.1, -0.05) is 10.5 Å². The molecule has 1 N–H and O–H groups in total. The fraction of sp³-hybridized carbons (Fsp3) is 0.778. The SMILES string of the molecule is CCOCCN(CCOCC)C(=O)S1=CC(NC(=O)OC(C)(C)C)N=C1C. The summed E-state index contributed by atoms with van der Waals surface area (Å²) in [6.07, 6.45) is -1.12. The van der Waals surface area contributed by atoms with Crippen molar-refractivity contribution in [3.05, 3.63) is 0 Å². The Morgan fingerprint density at radius 2 is 1.74 bits per heavy atom. The minimum atomic E-state index is -0.797. The maximum Gasteiger partial charge on any atom is 0.409 e. The Balaban J connectivity index is 2.75. The van der Waals surface area contributed by atoms with Gasteiger partial charge in [0.25, 0.3) is 5.24 Å². The van der Waals surface area contributed by atoms with E-state index < -0.39 is 28.3 Å². The van der Waals surface area contributed by atoms with Gasteiger partial charge in [0, 0.05) is 26.3 Å². The van der Waals surface area contributed by atoms with E-state index >= 15 is 0 Å². The lowest BCUT2D eigenvalue weighted by Gasteiger charge is -2.23. The molecule has 0 aromatic heterocycles. The molecular formula is C18H33N3O5S. The van der Waals surface area contributed by atoms with Crippen molar-refractivity contribution in [2.45, 2.75) is 53.3 Å². The lowest BCUT2D eigenvalue weighted by molar-refractivity contribution is 0.0521. The van der Waals surface area contributed by atoms with Crippen LogP contribution in [0.5, 0.6) is 0 Å². The van der Waals surface area contributed by atoms with Crippen LogP contribution in [-0.4, -0.2) is 77.9 Å². The molecule has 1 aliphatic heterocycles. The topological polar surface area (TPSA) is 89.5 Å². The van der Waals surface area contributed by atoms with Crippen LogP contribution < -0.4 is 5.32 Å². The summed E-state index contributed by atoms with van der Waals surface area (Å²) in [6, 6.07) is 0. The molecule has 8 nitrogen and oxygen atoms in total. The minimum absolute atomic E-state index is 0.0378. The molecule has 9 heteroatoms. The number of hydrogen-bond donors (Lipinski definition) is 1. The molecular weight excluding hydrogens is 370 g/mol. The number of ether oxygens (including phenoxy) is 3. The van der Waals surface area contributed by atoms with E-state index in [-0.39, 0.29) is 5.24 Å². The van der Waals surface area contributed by atoms with Gasteiger partial charge in [0.05, 0.1) is 18.3 Å². The highest BCUT2D eigenvalue weighted by atomic mass is 32.2. The smallest absolute Gasteiger partial charge is 0.409 e. The summed E-state index contributed by atoms with van der Waals surface area (Å²) in [4.78, 5) is 31.0. The van der Waals surface area contributed by atoms with Crippen LogP contribution in [0.4, 0.5) is 9.59 Å². The second kappa shape index (κ2) is 11.4. The van der Waals surface area contributed by atoms with Gasteiger partial charge in [-0.15, -0.1) is 0 Å². The summed E-state index contributed by atoms with van der Waals surface area (Å²) in [6.45, 7) is 14.2. The molecule has 0 spiro atoms. The molecule has 0 saturated heterocycles. The van der Waals surface area contributed by atoms with Crippen LogP contribution in [0.1, 0.15) is 41.5 Å². The summed E-state index contributed by atoms with van der Waals surface area (Å²) < 4.78 is 16.0. The van der Waals surface area contributed by atoms with Crippen molar-refractivity contribution < 1.29 is 23.8 Å². The van der Waals surface area contributed by atoms with Crippen LogP contribution in [0.2, 0.25) is 0 Å². The van der Waals surface area contributed by atoms with Crippen molar-refractivity contribution >= 4 is 32.2 Å². The van der Waals surface area contributed by atoms with Gasteiger partial charge in [0.2, 0.25) is 0 Å². The fourth-order valence-corrected chi connectivity index (χ4v) is 3.90. The Bertz CT molecular complexity index is 562. The van der Waals surface area contributed by atoms with E-state index in [1.165, 1.54) is 0 Å². The van der Waals surface area contributed by atoms with Gasteiger partial charge in [-0.25, -0.2) is 4.79 Å². The third kappa shape index (κ3) is 8.85. The highest BCUT2D eigenvalue weighted by Gasteiger charge is 2.27. The molecule has 1 heterocycles. The quantitative estimate of drug-likeness (QED) is 0.472. The van der Waals surface area contributed by atoms with Crippen molar-refractivity contribution in [3.8, 4) is 0 Å². The van der Waals surface area contributed by atoms with Gasteiger partial charge < -0.3 is 19.1 Å². The van der Waals surface area contributed by atoms with Crippen molar-refractivity contribution in [1.29, 1.82) is 0 Å². The van der Waals surface area contributed by atoms with Crippen molar-refractivity contribution in [1.82, 2.24) is 10.2 Å². The van der Waals surface area contributed by atoms with Crippen molar-refractivity contribution in [2.24, 2.45) is 4.99 Å². The van der Waals surface area contributed by atoms with Crippen LogP contribution in [0.25, 0.3) is 0 Å². The fourth-order valence-electron chi connectivity index (χ4n) is 2.26. The van der Waals surface area contributed by atoms with E-state index in [1.54, 1.807) is 38.0 Å². The Morgan fingerprint density at radius 3 is 2.22 bits per heavy atom. The Kier molecular flexibility index (Phi) is 9.97. The molecule has 0 fully saturated rings. The maximum absolute atomic E-state index is 13.0. The monoisotopic (exact) mass is 403 g/mol. The van der Waals surface area contributed by atoms with Gasteiger partial charge in [-0.3, -0.25) is 15.1 Å². The van der Waals surface area contributed by atoms with Gasteiger partial charge in [-0.05, 0) is 46.9 Å². The number of alkyl carbamates (subject to hydrolysis) is 1. The van der Waals surface area contributed by atoms with E-state index in [0.29, 0.717) is 44.6 Å². The molecule has 1 aliphatic rings. The average molecular weight is 404 g/mol. The predicted octanol–water partition coefficient (Wildman–Crippen LogP) is 2.84. The standard InChI is InChI=1S/C18H33N3O5S/c1-7-24-11-9-21(10-12-25-8-2)17(23)27-13-15(19-14(27)3)20-16(22)26-18(4,5)6/h13,15H,7-12H2,1-6H3,(H,20,22). The van der Waals surface area contributed by atoms with Crippen LogP contribution in [0.3, 0.4) is 0 Å². The maximum atomic E-state index is 13.0. The van der Waals surface area contributed by atoms with Crippen molar-refractivity contribution in [3.63, 3.8) is 0 Å². The highest BCUT2D eigenvalue weighted by molar-refractivity contribution is 8.39. The first kappa shape index (κ1) is 23.6. The molecule has 0 bridgehead atoms. The first-order valence-corrected chi connectivity index (χ1v) is 10.5. The van der Waals surface area contributed by atoms with Crippen molar-refractivity contribution in [2.75, 3.05) is 39.5 Å². The zero-order chi connectivity index (χ0) is 20.4. The van der Waals surface area contributed by atoms with E-state index in [2.05, 4.69) is 10.3 Å². The molecule has 2 atom stereocenters. The Hall–Kier alpha value is -1.45. The van der Waals surface area contributed by atoms with Crippen LogP contribution in [0, 0.1) is 0 Å². The van der Waals surface area contributed by atoms with Crippen LogP contribution in [0.15, 0.2) is 4.99 Å². The molecule has 2 amide bonds. The largest absolute Gasteiger partial charge is 0.444 e. The lowest BCUT2D eigenvalue weighted by atomic mass is 10.2. The number of aliphatic imine (C=N–C) groups is 1. The summed E-state index contributed by atoms with van der Waals surface area (Å²) in [7, 11) is -0.797. The summed E-state index contributed by atoms with van der Waals surface area (Å²) in [5, 5.41) is 5.09. The molecule has 1 rings (SSSR count). The summed E-state index contributed by atoms with van der Waals surface area (Å²) >= 11 is 0. The average Bonchev–Trinajstić information content (AvgIpc) is 2.91. The number of rotatable bonds is 9. The molecule has 27 heavy (non-hydrogen) atoms. The second-order valence-corrected chi connectivity index (χ2v) is 8.75. The zero-order valence-corrected chi connectivity index (χ0v) is 18.1. The number of nitrogens with zero attached hydrogens (tertiary/aromatic N) is 2. The van der Waals surface area contributed by atoms with Gasteiger partial charge in [0.1, 0.15) is 11.8 Å². The van der Waals surface area contributed by atoms with E-state index in [1.807, 2.05) is 13.8 Å². The van der Waals surface area contributed by atoms with Gasteiger partial charge in [-0.2, -0.15) is 0 Å². The number of carbonyl (C=O) groups excluding carboxylic acids is 2. The predicted molar refractivity (Wildman–Crippen MR) is 110 cm³/mol. The first-order chi connectivity index (χ1) is 12.7. The second-order valence-electron chi connectivity index (χ2n) is 6.86. The third-order valence-electron chi connectivity index (χ3n) is 3.43. The van der Waals surface area contributed by atoms with Gasteiger partial charge in [0.15, 0.2) is 0 Å². The lowest BCUT2D eigenvalue weighted by Crippen LogP contribution is -2.38. The molecule has 2 unspecified atom stereocenters. The number of nitrogens with one attached hydrogen (secondary N) is 1. The van der Waals surface area contributed by atoms with Gasteiger partial charge >= 0.3 is 6.09 Å². The Morgan fingerprint density at radius 1 is 1.19 bits per heavy atom. The Labute approximate surface area is 164 Å². The number of carbonyl (C=O) groups is 2. The van der Waals surface area contributed by atoms with Crippen LogP contribution >= 0.6 is 10.5 Å². The molecule has 0 radical (unpaired) electrons. The third-order valence-corrected chi connectivity index (χ3v) is 5.34. The number of amides is 2. The van der Waals surface area contributed by atoms with E-state index in [0.717, 1.165) is 0 Å². The molecule has 0 aliphatic carbocycles. The summed E-state index contributed by atoms with van der Waals surface area (Å²) in [5.74, 6) is 0. The molecule has 0 aromatic carbocycles. The molecule has 0 aromatic rings. The highest BCUT2D eigenvalue weighted by Crippen LogP contribution is 2.25. The van der Waals surface area contributed by atoms with E-state index in [4.69, 9.17) is 14.2 Å². The van der Waals surface area contributed by atoms with E-state index in [9.17, 15) is 9.59 Å². The van der Waals surface area contributed by atoms with Crippen LogP contribution in [-0.2, 0) is 14.2 Å². The summed E-state index contributed by atoms with van der Waals surface area (Å²) in [5.41, 5.74) is -0.589. The number of hydrogen-bond acceptors (Lipinski definition) is 6. The molecule has 0 saturated carbocycles. The normalized spacial score (nSPS) is 19.3.